The molecule has 4 nitrogen and oxygen atoms in total. The molecular formula is C15H18ClNO3. The first-order chi connectivity index (χ1) is 9.60. The molecule has 0 bridgehead atoms. The second kappa shape index (κ2) is 6.29. The van der Waals surface area contributed by atoms with Gasteiger partial charge in [-0.1, -0.05) is 17.7 Å². The van der Waals surface area contributed by atoms with Gasteiger partial charge in [0.1, 0.15) is 5.69 Å². The first kappa shape index (κ1) is 14.9. The maximum atomic E-state index is 12.0. The third-order valence-electron chi connectivity index (χ3n) is 3.34. The molecule has 1 heterocycles. The minimum absolute atomic E-state index is 0.0848. The summed E-state index contributed by atoms with van der Waals surface area (Å²) in [7, 11) is 0. The highest BCUT2D eigenvalue weighted by Gasteiger charge is 2.19. The summed E-state index contributed by atoms with van der Waals surface area (Å²) in [6.45, 7) is 4.09. The van der Waals surface area contributed by atoms with Gasteiger partial charge in [-0.05, 0) is 43.9 Å². The van der Waals surface area contributed by atoms with Crippen LogP contribution in [0.15, 0.2) is 12.1 Å². The van der Waals surface area contributed by atoms with Gasteiger partial charge in [0, 0.05) is 17.0 Å². The summed E-state index contributed by atoms with van der Waals surface area (Å²) in [6.07, 6.45) is 1.22. The van der Waals surface area contributed by atoms with E-state index in [1.165, 1.54) is 0 Å². The van der Waals surface area contributed by atoms with E-state index in [9.17, 15) is 4.79 Å². The molecule has 0 unspecified atom stereocenters. The monoisotopic (exact) mass is 295 g/mol. The van der Waals surface area contributed by atoms with E-state index in [2.05, 4.69) is 4.98 Å². The summed E-state index contributed by atoms with van der Waals surface area (Å²) in [4.78, 5) is 15.2. The lowest BCUT2D eigenvalue weighted by Gasteiger charge is -2.04. The number of rotatable bonds is 5. The van der Waals surface area contributed by atoms with Gasteiger partial charge in [0.25, 0.3) is 0 Å². The van der Waals surface area contributed by atoms with Crippen LogP contribution in [0.4, 0.5) is 0 Å². The Labute approximate surface area is 122 Å². The number of ether oxygens (including phenoxy) is 1. The van der Waals surface area contributed by atoms with Crippen LogP contribution in [0.25, 0.3) is 10.9 Å². The number of H-pyrrole nitrogens is 1. The summed E-state index contributed by atoms with van der Waals surface area (Å²) < 4.78 is 5.08. The molecule has 0 aliphatic carbocycles. The van der Waals surface area contributed by atoms with Crippen molar-refractivity contribution in [3.05, 3.63) is 34.0 Å². The van der Waals surface area contributed by atoms with Crippen molar-refractivity contribution in [3.63, 3.8) is 0 Å². The smallest absolute Gasteiger partial charge is 0.355 e. The summed E-state index contributed by atoms with van der Waals surface area (Å²) in [5, 5.41) is 10.6. The zero-order chi connectivity index (χ0) is 14.7. The Kier molecular flexibility index (Phi) is 4.68. The predicted octanol–water partition coefficient (Wildman–Crippen LogP) is 3.23. The molecule has 0 fully saturated rings. The highest BCUT2D eigenvalue weighted by Crippen LogP contribution is 2.30. The van der Waals surface area contributed by atoms with Gasteiger partial charge in [0.05, 0.1) is 12.1 Å². The Balaban J connectivity index is 2.59. The van der Waals surface area contributed by atoms with Crippen LogP contribution in [0, 0.1) is 6.92 Å². The Morgan fingerprint density at radius 1 is 1.45 bits per heavy atom. The fourth-order valence-corrected chi connectivity index (χ4v) is 2.48. The maximum Gasteiger partial charge on any atom is 0.355 e. The fourth-order valence-electron chi connectivity index (χ4n) is 2.33. The minimum Gasteiger partial charge on any atom is -0.461 e. The normalized spacial score (nSPS) is 11.0. The zero-order valence-corrected chi connectivity index (χ0v) is 12.4. The van der Waals surface area contributed by atoms with E-state index in [-0.39, 0.29) is 12.6 Å². The van der Waals surface area contributed by atoms with Crippen LogP contribution in [-0.4, -0.2) is 29.3 Å². The van der Waals surface area contributed by atoms with Crippen molar-refractivity contribution in [1.82, 2.24) is 4.98 Å². The van der Waals surface area contributed by atoms with E-state index in [0.29, 0.717) is 30.2 Å². The van der Waals surface area contributed by atoms with Gasteiger partial charge in [-0.2, -0.15) is 0 Å². The molecule has 1 aromatic heterocycles. The van der Waals surface area contributed by atoms with Crippen LogP contribution in [0.1, 0.15) is 35.0 Å². The number of aryl methyl sites for hydroxylation is 2. The van der Waals surface area contributed by atoms with E-state index in [1.54, 1.807) is 6.92 Å². The molecule has 108 valence electrons. The molecule has 1 aromatic carbocycles. The molecule has 2 aromatic rings. The summed E-state index contributed by atoms with van der Waals surface area (Å²) >= 11 is 6.12. The van der Waals surface area contributed by atoms with Crippen molar-refractivity contribution in [2.24, 2.45) is 0 Å². The number of halogens is 1. The average Bonchev–Trinajstić information content (AvgIpc) is 2.80. The van der Waals surface area contributed by atoms with Gasteiger partial charge in [-0.15, -0.1) is 0 Å². The molecule has 0 atom stereocenters. The topological polar surface area (TPSA) is 62.3 Å². The van der Waals surface area contributed by atoms with Crippen LogP contribution in [0.3, 0.4) is 0 Å². The third kappa shape index (κ3) is 2.67. The van der Waals surface area contributed by atoms with E-state index in [4.69, 9.17) is 21.4 Å². The predicted molar refractivity (Wildman–Crippen MR) is 79.4 cm³/mol. The van der Waals surface area contributed by atoms with Crippen molar-refractivity contribution in [2.45, 2.75) is 26.7 Å². The Morgan fingerprint density at radius 3 is 2.85 bits per heavy atom. The molecule has 2 rings (SSSR count). The highest BCUT2D eigenvalue weighted by molar-refractivity contribution is 6.32. The summed E-state index contributed by atoms with van der Waals surface area (Å²) in [5.41, 5.74) is 3.10. The van der Waals surface area contributed by atoms with E-state index in [0.717, 1.165) is 22.0 Å². The Morgan fingerprint density at radius 2 is 2.20 bits per heavy atom. The van der Waals surface area contributed by atoms with Crippen LogP contribution in [0.2, 0.25) is 5.02 Å². The lowest BCUT2D eigenvalue weighted by atomic mass is 10.0. The molecule has 0 saturated heterocycles. The largest absolute Gasteiger partial charge is 0.461 e. The number of nitrogens with one attached hydrogen (secondary N) is 1. The van der Waals surface area contributed by atoms with Gasteiger partial charge in [0.15, 0.2) is 0 Å². The molecule has 5 heteroatoms. The van der Waals surface area contributed by atoms with Crippen molar-refractivity contribution in [2.75, 3.05) is 13.2 Å². The molecule has 2 N–H and O–H groups in total. The lowest BCUT2D eigenvalue weighted by Crippen LogP contribution is -2.08. The number of aromatic nitrogens is 1. The van der Waals surface area contributed by atoms with E-state index >= 15 is 0 Å². The fraction of sp³-hybridized carbons (Fsp3) is 0.400. The second-order valence-electron chi connectivity index (χ2n) is 4.62. The molecule has 0 aliphatic heterocycles. The van der Waals surface area contributed by atoms with Crippen LogP contribution >= 0.6 is 11.6 Å². The minimum atomic E-state index is -0.368. The number of aromatic amines is 1. The average molecular weight is 296 g/mol. The molecule has 0 saturated carbocycles. The first-order valence-electron chi connectivity index (χ1n) is 6.67. The second-order valence-corrected chi connectivity index (χ2v) is 5.03. The zero-order valence-electron chi connectivity index (χ0n) is 11.6. The summed E-state index contributed by atoms with van der Waals surface area (Å²) in [5.74, 6) is -0.368. The molecule has 0 aliphatic rings. The van der Waals surface area contributed by atoms with Gasteiger partial charge < -0.3 is 14.8 Å². The van der Waals surface area contributed by atoms with Crippen LogP contribution < -0.4 is 0 Å². The quantitative estimate of drug-likeness (QED) is 0.833. The van der Waals surface area contributed by atoms with Crippen LogP contribution in [0.5, 0.6) is 0 Å². The van der Waals surface area contributed by atoms with Crippen molar-refractivity contribution in [1.29, 1.82) is 0 Å². The first-order valence-corrected chi connectivity index (χ1v) is 7.05. The Hall–Kier alpha value is -1.52. The lowest BCUT2D eigenvalue weighted by molar-refractivity contribution is 0.0519. The SMILES string of the molecule is CCOC(=O)c1[nH]c2c(C)c(Cl)ccc2c1CCCO. The number of aliphatic hydroxyl groups excluding tert-OH is 1. The molecule has 0 spiro atoms. The van der Waals surface area contributed by atoms with Gasteiger partial charge >= 0.3 is 5.97 Å². The Bertz CT molecular complexity index is 634. The van der Waals surface area contributed by atoms with Crippen molar-refractivity contribution >= 4 is 28.5 Å². The number of fused-ring (bicyclic) bond motifs is 1. The molecule has 0 amide bonds. The summed E-state index contributed by atoms with van der Waals surface area (Å²) in [6, 6.07) is 3.72. The highest BCUT2D eigenvalue weighted by atomic mass is 35.5. The van der Waals surface area contributed by atoms with Crippen molar-refractivity contribution in [3.8, 4) is 0 Å². The number of aliphatic hydroxyl groups is 1. The molecule has 0 radical (unpaired) electrons. The molecule has 20 heavy (non-hydrogen) atoms. The standard InChI is InChI=1S/C15H18ClNO3/c1-3-20-15(19)14-10(5-4-8-18)11-6-7-12(16)9(2)13(11)17-14/h6-7,17-18H,3-5,8H2,1-2H3. The number of benzene rings is 1. The number of hydrogen-bond donors (Lipinski definition) is 2. The number of carbonyl (C=O) groups is 1. The van der Waals surface area contributed by atoms with Gasteiger partial charge in [-0.3, -0.25) is 0 Å². The van der Waals surface area contributed by atoms with E-state index in [1.807, 2.05) is 19.1 Å². The number of hydrogen-bond acceptors (Lipinski definition) is 3. The molecular weight excluding hydrogens is 278 g/mol. The van der Waals surface area contributed by atoms with Gasteiger partial charge in [0.2, 0.25) is 0 Å². The number of carbonyl (C=O) groups excluding carboxylic acids is 1. The van der Waals surface area contributed by atoms with Gasteiger partial charge in [-0.25, -0.2) is 4.79 Å². The maximum absolute atomic E-state index is 12.0. The van der Waals surface area contributed by atoms with Crippen molar-refractivity contribution < 1.29 is 14.6 Å². The van der Waals surface area contributed by atoms with Crippen LogP contribution in [-0.2, 0) is 11.2 Å². The number of esters is 1. The third-order valence-corrected chi connectivity index (χ3v) is 3.75. The van der Waals surface area contributed by atoms with E-state index < -0.39 is 0 Å².